The van der Waals surface area contributed by atoms with Crippen LogP contribution in [0.15, 0.2) is 30.7 Å². The van der Waals surface area contributed by atoms with E-state index >= 15 is 0 Å². The molecular weight excluding hydrogens is 316 g/mol. The maximum absolute atomic E-state index is 12.5. The highest BCUT2D eigenvalue weighted by atomic mass is 16.3. The summed E-state index contributed by atoms with van der Waals surface area (Å²) in [4.78, 5) is 16.5. The number of carbonyl (C=O) groups is 1. The van der Waals surface area contributed by atoms with Crippen molar-refractivity contribution >= 4 is 5.91 Å². The van der Waals surface area contributed by atoms with Crippen LogP contribution < -0.4 is 5.32 Å². The minimum absolute atomic E-state index is 0.0224. The molecule has 1 unspecified atom stereocenters. The average Bonchev–Trinajstić information content (AvgIpc) is 3.02. The maximum atomic E-state index is 12.5. The van der Waals surface area contributed by atoms with Gasteiger partial charge in [0.15, 0.2) is 0 Å². The number of nitrogens with zero attached hydrogens (tertiary/aromatic N) is 3. The van der Waals surface area contributed by atoms with Crippen molar-refractivity contribution in [1.82, 2.24) is 20.1 Å². The molecule has 1 amide bonds. The molecule has 6 heteroatoms. The molecule has 2 heterocycles. The first-order chi connectivity index (χ1) is 12.1. The van der Waals surface area contributed by atoms with Crippen LogP contribution in [0.5, 0.6) is 0 Å². The first-order valence-electron chi connectivity index (χ1n) is 8.92. The Bertz CT molecular complexity index is 665. The number of aliphatic hydroxyl groups excluding tert-OH is 1. The fourth-order valence-corrected chi connectivity index (χ4v) is 3.03. The van der Waals surface area contributed by atoms with Gasteiger partial charge in [-0.25, -0.2) is 0 Å². The second-order valence-electron chi connectivity index (χ2n) is 6.38. The molecule has 0 aliphatic heterocycles. The molecule has 0 radical (unpaired) electrons. The third-order valence-corrected chi connectivity index (χ3v) is 4.66. The summed E-state index contributed by atoms with van der Waals surface area (Å²) >= 11 is 0. The number of aliphatic hydroxyl groups is 1. The molecule has 2 rings (SSSR count). The third kappa shape index (κ3) is 4.89. The molecule has 2 aromatic rings. The smallest absolute Gasteiger partial charge is 0.254 e. The molecule has 0 aromatic carbocycles. The lowest BCUT2D eigenvalue weighted by Gasteiger charge is -2.16. The lowest BCUT2D eigenvalue weighted by Crippen LogP contribution is -2.32. The van der Waals surface area contributed by atoms with Gasteiger partial charge in [-0.2, -0.15) is 5.10 Å². The summed E-state index contributed by atoms with van der Waals surface area (Å²) in [5, 5.41) is 16.9. The molecule has 6 nitrogen and oxygen atoms in total. The van der Waals surface area contributed by atoms with Crippen LogP contribution in [0.1, 0.15) is 54.3 Å². The highest BCUT2D eigenvalue weighted by Crippen LogP contribution is 2.19. The Morgan fingerprint density at radius 2 is 1.96 bits per heavy atom. The number of rotatable bonds is 9. The van der Waals surface area contributed by atoms with Gasteiger partial charge in [-0.15, -0.1) is 0 Å². The van der Waals surface area contributed by atoms with Crippen LogP contribution in [0.4, 0.5) is 0 Å². The number of amides is 1. The number of aromatic nitrogens is 3. The van der Waals surface area contributed by atoms with Crippen molar-refractivity contribution in [3.8, 4) is 0 Å². The van der Waals surface area contributed by atoms with Gasteiger partial charge in [-0.3, -0.25) is 14.5 Å². The summed E-state index contributed by atoms with van der Waals surface area (Å²) in [7, 11) is 0. The minimum Gasteiger partial charge on any atom is -0.396 e. The van der Waals surface area contributed by atoms with Gasteiger partial charge in [0.2, 0.25) is 0 Å². The van der Waals surface area contributed by atoms with Gasteiger partial charge in [0.05, 0.1) is 17.8 Å². The predicted octanol–water partition coefficient (Wildman–Crippen LogP) is 2.53. The topological polar surface area (TPSA) is 80.0 Å². The molecule has 25 heavy (non-hydrogen) atoms. The van der Waals surface area contributed by atoms with Crippen LogP contribution >= 0.6 is 0 Å². The summed E-state index contributed by atoms with van der Waals surface area (Å²) in [6.07, 6.45) is 7.78. The Hall–Kier alpha value is -2.21. The monoisotopic (exact) mass is 344 g/mol. The molecule has 1 atom stereocenters. The largest absolute Gasteiger partial charge is 0.396 e. The van der Waals surface area contributed by atoms with E-state index in [0.717, 1.165) is 24.1 Å². The molecule has 0 bridgehead atoms. The van der Waals surface area contributed by atoms with Crippen molar-refractivity contribution in [2.45, 2.75) is 46.1 Å². The van der Waals surface area contributed by atoms with Gasteiger partial charge in [-0.1, -0.05) is 13.8 Å². The van der Waals surface area contributed by atoms with Crippen molar-refractivity contribution in [3.63, 3.8) is 0 Å². The van der Waals surface area contributed by atoms with E-state index in [1.165, 1.54) is 0 Å². The van der Waals surface area contributed by atoms with E-state index in [4.69, 9.17) is 0 Å². The average molecular weight is 344 g/mol. The van der Waals surface area contributed by atoms with E-state index < -0.39 is 0 Å². The maximum Gasteiger partial charge on any atom is 0.254 e. The Morgan fingerprint density at radius 1 is 1.28 bits per heavy atom. The normalized spacial score (nSPS) is 12.4. The van der Waals surface area contributed by atoms with Gasteiger partial charge in [0.1, 0.15) is 0 Å². The zero-order valence-electron chi connectivity index (χ0n) is 15.3. The highest BCUT2D eigenvalue weighted by Gasteiger charge is 2.19. The zero-order valence-corrected chi connectivity index (χ0v) is 15.3. The van der Waals surface area contributed by atoms with Gasteiger partial charge >= 0.3 is 0 Å². The minimum atomic E-state index is -0.136. The molecule has 0 spiro atoms. The third-order valence-electron chi connectivity index (χ3n) is 4.66. The first kappa shape index (κ1) is 19.1. The molecule has 136 valence electrons. The van der Waals surface area contributed by atoms with Crippen LogP contribution in [0.3, 0.4) is 0 Å². The summed E-state index contributed by atoms with van der Waals surface area (Å²) < 4.78 is 1.94. The van der Waals surface area contributed by atoms with E-state index in [9.17, 15) is 9.90 Å². The Morgan fingerprint density at radius 3 is 2.56 bits per heavy atom. The Kier molecular flexibility index (Phi) is 7.13. The van der Waals surface area contributed by atoms with Crippen LogP contribution in [-0.4, -0.2) is 38.9 Å². The number of nitrogens with one attached hydrogen (secondary N) is 1. The van der Waals surface area contributed by atoms with E-state index in [1.807, 2.05) is 23.7 Å². The van der Waals surface area contributed by atoms with E-state index in [0.29, 0.717) is 24.6 Å². The van der Waals surface area contributed by atoms with Gasteiger partial charge in [0.25, 0.3) is 5.91 Å². The SMILES string of the molecule is CCC(CC)n1ncc(C(=O)NCC(CO)Cc2ccncc2)c1C. The van der Waals surface area contributed by atoms with Crippen molar-refractivity contribution in [1.29, 1.82) is 0 Å². The number of hydrogen-bond donors (Lipinski definition) is 2. The lowest BCUT2D eigenvalue weighted by atomic mass is 10.0. The lowest BCUT2D eigenvalue weighted by molar-refractivity contribution is 0.0939. The molecule has 0 saturated heterocycles. The molecule has 2 aromatic heterocycles. The first-order valence-corrected chi connectivity index (χ1v) is 8.92. The van der Waals surface area contributed by atoms with Crippen molar-refractivity contribution in [2.75, 3.05) is 13.2 Å². The molecule has 0 aliphatic carbocycles. The summed E-state index contributed by atoms with van der Waals surface area (Å²) in [6, 6.07) is 4.17. The fourth-order valence-electron chi connectivity index (χ4n) is 3.03. The van der Waals surface area contributed by atoms with Gasteiger partial charge in [-0.05, 0) is 43.9 Å². The van der Waals surface area contributed by atoms with Crippen LogP contribution in [0.2, 0.25) is 0 Å². The number of pyridine rings is 1. The van der Waals surface area contributed by atoms with Crippen LogP contribution in [0.25, 0.3) is 0 Å². The molecule has 0 saturated carbocycles. The highest BCUT2D eigenvalue weighted by molar-refractivity contribution is 5.95. The fraction of sp³-hybridized carbons (Fsp3) is 0.526. The van der Waals surface area contributed by atoms with E-state index in [1.54, 1.807) is 18.6 Å². The second-order valence-corrected chi connectivity index (χ2v) is 6.38. The van der Waals surface area contributed by atoms with Crippen molar-refractivity contribution in [3.05, 3.63) is 47.5 Å². The van der Waals surface area contributed by atoms with Crippen molar-refractivity contribution in [2.24, 2.45) is 5.92 Å². The quantitative estimate of drug-likeness (QED) is 0.732. The van der Waals surface area contributed by atoms with Gasteiger partial charge in [0, 0.05) is 37.2 Å². The summed E-state index contributed by atoms with van der Waals surface area (Å²) in [5.74, 6) is -0.163. The molecule has 2 N–H and O–H groups in total. The number of hydrogen-bond acceptors (Lipinski definition) is 4. The second kappa shape index (κ2) is 9.32. The standard InChI is InChI=1S/C19H28N4O2/c1-4-17(5-2)23-14(3)18(12-22-23)19(25)21-11-16(13-24)10-15-6-8-20-9-7-15/h6-9,12,16-17,24H,4-5,10-11,13H2,1-3H3,(H,21,25). The van der Waals surface area contributed by atoms with Gasteiger partial charge < -0.3 is 10.4 Å². The van der Waals surface area contributed by atoms with Crippen LogP contribution in [0, 0.1) is 12.8 Å². The Labute approximate surface area is 149 Å². The molecular formula is C19H28N4O2. The van der Waals surface area contributed by atoms with E-state index in [-0.39, 0.29) is 18.4 Å². The molecule has 0 fully saturated rings. The summed E-state index contributed by atoms with van der Waals surface area (Å²) in [6.45, 7) is 6.63. The summed E-state index contributed by atoms with van der Waals surface area (Å²) in [5.41, 5.74) is 2.59. The Balaban J connectivity index is 1.97. The van der Waals surface area contributed by atoms with Crippen molar-refractivity contribution < 1.29 is 9.90 Å². The number of carbonyl (C=O) groups excluding carboxylic acids is 1. The predicted molar refractivity (Wildman–Crippen MR) is 97.4 cm³/mol. The zero-order chi connectivity index (χ0) is 18.2. The van der Waals surface area contributed by atoms with Crippen LogP contribution in [-0.2, 0) is 6.42 Å². The van der Waals surface area contributed by atoms with E-state index in [2.05, 4.69) is 29.2 Å². The molecule has 0 aliphatic rings.